The van der Waals surface area contributed by atoms with Gasteiger partial charge in [0, 0.05) is 44.7 Å². The standard InChI is InChI=1S/C40H26Cl2N4/c41-31-15-11-27(12-16-31)25-43-33-19-21-37-35(23-33)39(29-7-3-1-4-8-29)45-38-22-20-34(44-26-28-13-17-32(42)18-14-28)24-36(38)40(46-37)30-9-5-2-6-10-30/h1-26H. The zero-order valence-corrected chi connectivity index (χ0v) is 26.1. The van der Waals surface area contributed by atoms with Crippen LogP contribution in [0.4, 0.5) is 22.7 Å². The summed E-state index contributed by atoms with van der Waals surface area (Å²) in [5.41, 5.74) is 10.5. The summed E-state index contributed by atoms with van der Waals surface area (Å²) in [6.07, 6.45) is 3.67. The molecule has 1 heterocycles. The lowest BCUT2D eigenvalue weighted by atomic mass is 9.95. The fourth-order valence-corrected chi connectivity index (χ4v) is 5.42. The Morgan fingerprint density at radius 3 is 1.22 bits per heavy atom. The summed E-state index contributed by atoms with van der Waals surface area (Å²) in [6.45, 7) is 0. The Kier molecular flexibility index (Phi) is 8.46. The number of aliphatic imine (C=N–C) groups is 4. The molecule has 0 saturated heterocycles. The van der Waals surface area contributed by atoms with Gasteiger partial charge in [0.05, 0.1) is 34.2 Å². The quantitative estimate of drug-likeness (QED) is 0.164. The van der Waals surface area contributed by atoms with Crippen LogP contribution in [0.3, 0.4) is 0 Å². The number of rotatable bonds is 6. The molecule has 0 fully saturated rings. The Balaban J connectivity index is 1.39. The summed E-state index contributed by atoms with van der Waals surface area (Å²) in [5.74, 6) is 0. The molecular weight excluding hydrogens is 607 g/mol. The van der Waals surface area contributed by atoms with Gasteiger partial charge < -0.3 is 0 Å². The second-order valence-corrected chi connectivity index (χ2v) is 11.5. The van der Waals surface area contributed by atoms with Crippen molar-refractivity contribution in [1.82, 2.24) is 0 Å². The second-order valence-electron chi connectivity index (χ2n) is 10.7. The van der Waals surface area contributed by atoms with Crippen LogP contribution in [0.1, 0.15) is 33.4 Å². The van der Waals surface area contributed by atoms with E-state index in [-0.39, 0.29) is 0 Å². The third-order valence-corrected chi connectivity index (χ3v) is 8.00. The molecule has 0 bridgehead atoms. The predicted molar refractivity (Wildman–Crippen MR) is 194 cm³/mol. The highest BCUT2D eigenvalue weighted by molar-refractivity contribution is 6.31. The molecule has 0 aromatic heterocycles. The fourth-order valence-electron chi connectivity index (χ4n) is 5.17. The highest BCUT2D eigenvalue weighted by Gasteiger charge is 2.21. The van der Waals surface area contributed by atoms with Gasteiger partial charge in [0.25, 0.3) is 0 Å². The molecule has 4 nitrogen and oxygen atoms in total. The molecule has 0 saturated carbocycles. The van der Waals surface area contributed by atoms with Crippen molar-refractivity contribution < 1.29 is 0 Å². The highest BCUT2D eigenvalue weighted by atomic mass is 35.5. The third-order valence-electron chi connectivity index (χ3n) is 7.49. The van der Waals surface area contributed by atoms with Gasteiger partial charge in [0.2, 0.25) is 0 Å². The van der Waals surface area contributed by atoms with Crippen molar-refractivity contribution in [3.05, 3.63) is 189 Å². The highest BCUT2D eigenvalue weighted by Crippen LogP contribution is 2.36. The Morgan fingerprint density at radius 2 is 0.826 bits per heavy atom. The van der Waals surface area contributed by atoms with Gasteiger partial charge in [-0.3, -0.25) is 9.98 Å². The molecule has 1 aliphatic heterocycles. The van der Waals surface area contributed by atoms with Gasteiger partial charge in [-0.25, -0.2) is 9.98 Å². The van der Waals surface area contributed by atoms with Crippen molar-refractivity contribution in [1.29, 1.82) is 0 Å². The Labute approximate surface area is 277 Å². The number of benzene rings is 6. The van der Waals surface area contributed by atoms with E-state index >= 15 is 0 Å². The molecular formula is C40H26Cl2N4. The lowest BCUT2D eigenvalue weighted by molar-refractivity contribution is 1.37. The van der Waals surface area contributed by atoms with Crippen molar-refractivity contribution in [3.63, 3.8) is 0 Å². The van der Waals surface area contributed by atoms with Gasteiger partial charge in [0.1, 0.15) is 0 Å². The van der Waals surface area contributed by atoms with Crippen LogP contribution in [-0.4, -0.2) is 23.9 Å². The maximum absolute atomic E-state index is 6.08. The Morgan fingerprint density at radius 1 is 0.435 bits per heavy atom. The van der Waals surface area contributed by atoms with Gasteiger partial charge in [0.15, 0.2) is 0 Å². The van der Waals surface area contributed by atoms with Crippen molar-refractivity contribution in [2.24, 2.45) is 20.0 Å². The van der Waals surface area contributed by atoms with Gasteiger partial charge in [-0.1, -0.05) is 108 Å². The third kappa shape index (κ3) is 6.64. The molecule has 220 valence electrons. The summed E-state index contributed by atoms with van der Waals surface area (Å²) in [5, 5.41) is 1.38. The first-order chi connectivity index (χ1) is 22.6. The monoisotopic (exact) mass is 632 g/mol. The molecule has 0 atom stereocenters. The molecule has 0 spiro atoms. The van der Waals surface area contributed by atoms with Crippen molar-refractivity contribution in [2.45, 2.75) is 0 Å². The van der Waals surface area contributed by atoms with E-state index in [0.717, 1.165) is 67.6 Å². The van der Waals surface area contributed by atoms with E-state index in [1.165, 1.54) is 0 Å². The minimum atomic E-state index is 0.690. The van der Waals surface area contributed by atoms with Crippen LogP contribution < -0.4 is 0 Å². The van der Waals surface area contributed by atoms with Crippen LogP contribution in [-0.2, 0) is 0 Å². The van der Waals surface area contributed by atoms with E-state index < -0.39 is 0 Å². The van der Waals surface area contributed by atoms with Crippen molar-refractivity contribution >= 4 is 69.8 Å². The van der Waals surface area contributed by atoms with E-state index in [2.05, 4.69) is 36.4 Å². The van der Waals surface area contributed by atoms with Gasteiger partial charge >= 0.3 is 0 Å². The number of hydrogen-bond donors (Lipinski definition) is 0. The molecule has 6 heteroatoms. The molecule has 0 N–H and O–H groups in total. The molecule has 0 radical (unpaired) electrons. The van der Waals surface area contributed by atoms with Crippen LogP contribution in [0.2, 0.25) is 10.0 Å². The van der Waals surface area contributed by atoms with Gasteiger partial charge in [-0.15, -0.1) is 0 Å². The number of nitrogens with zero attached hydrogens (tertiary/aromatic N) is 4. The summed E-state index contributed by atoms with van der Waals surface area (Å²) in [4.78, 5) is 20.2. The van der Waals surface area contributed by atoms with E-state index in [1.54, 1.807) is 0 Å². The van der Waals surface area contributed by atoms with Crippen LogP contribution >= 0.6 is 23.2 Å². The average molecular weight is 634 g/mol. The fraction of sp³-hybridized carbons (Fsp3) is 0. The topological polar surface area (TPSA) is 49.4 Å². The van der Waals surface area contributed by atoms with E-state index in [4.69, 9.17) is 43.2 Å². The zero-order chi connectivity index (χ0) is 31.3. The lowest BCUT2D eigenvalue weighted by Crippen LogP contribution is -2.10. The summed E-state index contributed by atoms with van der Waals surface area (Å²) < 4.78 is 0. The van der Waals surface area contributed by atoms with E-state index in [0.29, 0.717) is 10.0 Å². The van der Waals surface area contributed by atoms with E-state index in [1.807, 2.05) is 122 Å². The Hall–Kier alpha value is -5.42. The van der Waals surface area contributed by atoms with Crippen molar-refractivity contribution in [2.75, 3.05) is 0 Å². The maximum atomic E-state index is 6.08. The average Bonchev–Trinajstić information content (AvgIpc) is 3.10. The molecule has 0 unspecified atom stereocenters. The predicted octanol–water partition coefficient (Wildman–Crippen LogP) is 11.1. The van der Waals surface area contributed by atoms with Crippen LogP contribution in [0, 0.1) is 0 Å². The zero-order valence-electron chi connectivity index (χ0n) is 24.6. The normalized spacial score (nSPS) is 12.7. The van der Waals surface area contributed by atoms with Crippen molar-refractivity contribution in [3.8, 4) is 0 Å². The minimum absolute atomic E-state index is 0.690. The SMILES string of the molecule is Clc1ccc(C=Nc2ccc3c(c2)C(c2ccccc2)=Nc2ccc(N=Cc4ccc(Cl)cc4)cc2C(c2ccccc2)=N3)cc1. The molecule has 6 aromatic carbocycles. The first-order valence-corrected chi connectivity index (χ1v) is 15.5. The molecule has 7 rings (SSSR count). The number of hydrogen-bond acceptors (Lipinski definition) is 4. The van der Waals surface area contributed by atoms with Gasteiger partial charge in [-0.2, -0.15) is 0 Å². The first kappa shape index (κ1) is 29.3. The largest absolute Gasteiger partial charge is 0.256 e. The number of halogens is 2. The summed E-state index contributed by atoms with van der Waals surface area (Å²) in [6, 6.07) is 47.7. The molecule has 6 aromatic rings. The molecule has 0 amide bonds. The molecule has 46 heavy (non-hydrogen) atoms. The lowest BCUT2D eigenvalue weighted by Gasteiger charge is -2.19. The van der Waals surface area contributed by atoms with Crippen LogP contribution in [0.25, 0.3) is 0 Å². The van der Waals surface area contributed by atoms with Crippen LogP contribution in [0.15, 0.2) is 166 Å². The Bertz CT molecular complexity index is 1980. The number of fused-ring (bicyclic) bond motifs is 2. The summed E-state index contributed by atoms with van der Waals surface area (Å²) >= 11 is 12.2. The second kappa shape index (κ2) is 13.3. The van der Waals surface area contributed by atoms with E-state index in [9.17, 15) is 0 Å². The summed E-state index contributed by atoms with van der Waals surface area (Å²) in [7, 11) is 0. The first-order valence-electron chi connectivity index (χ1n) is 14.8. The van der Waals surface area contributed by atoms with Crippen LogP contribution in [0.5, 0.6) is 0 Å². The van der Waals surface area contributed by atoms with Gasteiger partial charge in [-0.05, 0) is 71.8 Å². The smallest absolute Gasteiger partial charge is 0.0804 e. The maximum Gasteiger partial charge on any atom is 0.0804 e. The minimum Gasteiger partial charge on any atom is -0.256 e. The molecule has 0 aliphatic carbocycles. The molecule has 1 aliphatic rings.